The van der Waals surface area contributed by atoms with Crippen LogP contribution in [0, 0.1) is 6.92 Å². The van der Waals surface area contributed by atoms with Gasteiger partial charge in [-0.1, -0.05) is 18.2 Å². The molecule has 7 heteroatoms. The van der Waals surface area contributed by atoms with Crippen molar-refractivity contribution in [3.8, 4) is 0 Å². The molecule has 4 rings (SSSR count). The summed E-state index contributed by atoms with van der Waals surface area (Å²) < 4.78 is 0. The van der Waals surface area contributed by atoms with Crippen LogP contribution in [0.15, 0.2) is 42.0 Å². The van der Waals surface area contributed by atoms with Gasteiger partial charge in [0.05, 0.1) is 17.5 Å². The smallest absolute Gasteiger partial charge is 0.251 e. The Morgan fingerprint density at radius 1 is 1.31 bits per heavy atom. The summed E-state index contributed by atoms with van der Waals surface area (Å²) in [6, 6.07) is 8.81. The largest absolute Gasteiger partial charge is 0.389 e. The van der Waals surface area contributed by atoms with Crippen molar-refractivity contribution in [1.29, 1.82) is 0 Å². The highest BCUT2D eigenvalue weighted by Crippen LogP contribution is 2.32. The number of nitrogens with one attached hydrogen (secondary N) is 1. The van der Waals surface area contributed by atoms with Gasteiger partial charge in [0.25, 0.3) is 5.91 Å². The Morgan fingerprint density at radius 2 is 2.12 bits per heavy atom. The Kier molecular flexibility index (Phi) is 4.57. The summed E-state index contributed by atoms with van der Waals surface area (Å²) in [5.41, 5.74) is 1.75. The minimum atomic E-state index is -0.652. The number of carbonyl (C=O) groups is 1. The molecule has 1 saturated heterocycles. The summed E-state index contributed by atoms with van der Waals surface area (Å²) in [6.45, 7) is 3.20. The van der Waals surface area contributed by atoms with Crippen LogP contribution in [0.1, 0.15) is 22.3 Å². The second-order valence-corrected chi connectivity index (χ2v) is 7.40. The highest BCUT2D eigenvalue weighted by Gasteiger charge is 2.30. The number of β-amino-alcohol motifs (C(OH)–C–C–N with tert-alkyl or cyclic N) is 1. The number of aromatic nitrogens is 2. The van der Waals surface area contributed by atoms with Gasteiger partial charge in [-0.25, -0.2) is 9.97 Å². The van der Waals surface area contributed by atoms with Crippen LogP contribution in [0.5, 0.6) is 0 Å². The van der Waals surface area contributed by atoms with E-state index in [1.54, 1.807) is 29.8 Å². The summed E-state index contributed by atoms with van der Waals surface area (Å²) in [6.07, 6.45) is 1.58. The second kappa shape index (κ2) is 7.01. The Morgan fingerprint density at radius 3 is 2.88 bits per heavy atom. The van der Waals surface area contributed by atoms with Crippen LogP contribution in [-0.2, 0) is 0 Å². The lowest BCUT2D eigenvalue weighted by molar-refractivity contribution is 0.0798. The van der Waals surface area contributed by atoms with Gasteiger partial charge in [0.2, 0.25) is 0 Å². The maximum absolute atomic E-state index is 12.3. The van der Waals surface area contributed by atoms with E-state index >= 15 is 0 Å². The van der Waals surface area contributed by atoms with Crippen molar-refractivity contribution in [3.05, 3.63) is 53.2 Å². The van der Waals surface area contributed by atoms with Gasteiger partial charge in [-0.3, -0.25) is 4.79 Å². The topological polar surface area (TPSA) is 78.4 Å². The van der Waals surface area contributed by atoms with Crippen molar-refractivity contribution in [2.45, 2.75) is 25.5 Å². The zero-order valence-electron chi connectivity index (χ0n) is 14.4. The minimum absolute atomic E-state index is 0.152. The van der Waals surface area contributed by atoms with Crippen LogP contribution in [0.3, 0.4) is 0 Å². The molecule has 0 spiro atoms. The molecule has 0 aliphatic carbocycles. The highest BCUT2D eigenvalue weighted by molar-refractivity contribution is 7.17. The van der Waals surface area contributed by atoms with E-state index < -0.39 is 6.10 Å². The number of benzene rings is 1. The van der Waals surface area contributed by atoms with Gasteiger partial charge in [-0.15, -0.1) is 11.3 Å². The van der Waals surface area contributed by atoms with Crippen LogP contribution in [0.25, 0.3) is 10.2 Å². The molecule has 1 aliphatic rings. The van der Waals surface area contributed by atoms with Gasteiger partial charge in [0.1, 0.15) is 17.0 Å². The van der Waals surface area contributed by atoms with Crippen molar-refractivity contribution in [2.24, 2.45) is 0 Å². The molecule has 1 amide bonds. The number of aliphatic hydroxyl groups is 1. The standard InChI is InChI=1S/C19H20N4O2S/c1-12-10-26-19-16(12)17(20-11-21-19)23-8-7-14(15(24)9-23)22-18(25)13-5-3-2-4-6-13/h2-6,10-11,14-15,24H,7-9H2,1H3,(H,22,25). The van der Waals surface area contributed by atoms with Gasteiger partial charge < -0.3 is 15.3 Å². The normalized spacial score (nSPS) is 20.3. The second-order valence-electron chi connectivity index (χ2n) is 6.54. The molecule has 3 heterocycles. The van der Waals surface area contributed by atoms with Gasteiger partial charge in [-0.2, -0.15) is 0 Å². The predicted octanol–water partition coefficient (Wildman–Crippen LogP) is 2.37. The molecule has 2 N–H and O–H groups in total. The highest BCUT2D eigenvalue weighted by atomic mass is 32.1. The molecule has 0 saturated carbocycles. The quantitative estimate of drug-likeness (QED) is 0.742. The molecule has 1 aliphatic heterocycles. The number of anilines is 1. The number of nitrogens with zero attached hydrogens (tertiary/aromatic N) is 3. The average molecular weight is 368 g/mol. The first-order chi connectivity index (χ1) is 12.6. The van der Waals surface area contributed by atoms with Gasteiger partial charge in [-0.05, 0) is 36.4 Å². The van der Waals surface area contributed by atoms with E-state index in [4.69, 9.17) is 0 Å². The molecule has 1 aromatic carbocycles. The zero-order chi connectivity index (χ0) is 18.1. The number of aryl methyl sites for hydroxylation is 1. The third-order valence-electron chi connectivity index (χ3n) is 4.77. The summed E-state index contributed by atoms with van der Waals surface area (Å²) in [5, 5.41) is 16.7. The van der Waals surface area contributed by atoms with E-state index in [-0.39, 0.29) is 11.9 Å². The number of thiophene rings is 1. The summed E-state index contributed by atoms with van der Waals surface area (Å²) in [4.78, 5) is 24.2. The molecular formula is C19H20N4O2S. The van der Waals surface area contributed by atoms with Gasteiger partial charge in [0.15, 0.2) is 0 Å². The molecular weight excluding hydrogens is 348 g/mol. The molecule has 2 unspecified atom stereocenters. The summed E-state index contributed by atoms with van der Waals surface area (Å²) >= 11 is 1.60. The molecule has 0 radical (unpaired) electrons. The Balaban J connectivity index is 1.48. The molecule has 26 heavy (non-hydrogen) atoms. The number of fused-ring (bicyclic) bond motifs is 1. The minimum Gasteiger partial charge on any atom is -0.389 e. The summed E-state index contributed by atoms with van der Waals surface area (Å²) in [7, 11) is 0. The van der Waals surface area contributed by atoms with Crippen LogP contribution in [0.4, 0.5) is 5.82 Å². The van der Waals surface area contributed by atoms with Crippen LogP contribution in [0.2, 0.25) is 0 Å². The Labute approximate surface area is 155 Å². The fourth-order valence-electron chi connectivity index (χ4n) is 3.37. The number of aliphatic hydroxyl groups excluding tert-OH is 1. The molecule has 134 valence electrons. The number of rotatable bonds is 3. The van der Waals surface area contributed by atoms with Gasteiger partial charge in [0, 0.05) is 18.7 Å². The first kappa shape index (κ1) is 16.9. The fourth-order valence-corrected chi connectivity index (χ4v) is 4.26. The van der Waals surface area contributed by atoms with Crippen LogP contribution >= 0.6 is 11.3 Å². The molecule has 2 atom stereocenters. The molecule has 1 fully saturated rings. The average Bonchev–Trinajstić information content (AvgIpc) is 3.05. The maximum Gasteiger partial charge on any atom is 0.251 e. The number of hydrogen-bond donors (Lipinski definition) is 2. The first-order valence-corrected chi connectivity index (χ1v) is 9.49. The van der Waals surface area contributed by atoms with Crippen LogP contribution < -0.4 is 10.2 Å². The van der Waals surface area contributed by atoms with Crippen molar-refractivity contribution in [1.82, 2.24) is 15.3 Å². The van der Waals surface area contributed by atoms with Gasteiger partial charge >= 0.3 is 0 Å². The van der Waals surface area contributed by atoms with E-state index in [0.29, 0.717) is 18.5 Å². The maximum atomic E-state index is 12.3. The lowest BCUT2D eigenvalue weighted by Crippen LogP contribution is -2.54. The lowest BCUT2D eigenvalue weighted by atomic mass is 10.0. The van der Waals surface area contributed by atoms with Crippen LogP contribution in [-0.4, -0.2) is 46.2 Å². The van der Waals surface area contributed by atoms with E-state index in [9.17, 15) is 9.90 Å². The summed E-state index contributed by atoms with van der Waals surface area (Å²) in [5.74, 6) is 0.710. The number of piperidine rings is 1. The lowest BCUT2D eigenvalue weighted by Gasteiger charge is -2.37. The third kappa shape index (κ3) is 3.15. The van der Waals surface area contributed by atoms with E-state index in [1.807, 2.05) is 18.2 Å². The Bertz CT molecular complexity index is 928. The van der Waals surface area contributed by atoms with E-state index in [0.717, 1.165) is 28.1 Å². The fraction of sp³-hybridized carbons (Fsp3) is 0.316. The molecule has 3 aromatic rings. The SMILES string of the molecule is Cc1csc2ncnc(N3CCC(NC(=O)c4ccccc4)C(O)C3)c12. The number of hydrogen-bond acceptors (Lipinski definition) is 6. The molecule has 6 nitrogen and oxygen atoms in total. The number of carbonyl (C=O) groups excluding carboxylic acids is 1. The Hall–Kier alpha value is -2.51. The molecule has 0 bridgehead atoms. The first-order valence-electron chi connectivity index (χ1n) is 8.61. The van der Waals surface area contributed by atoms with E-state index in [1.165, 1.54) is 0 Å². The van der Waals surface area contributed by atoms with Crippen molar-refractivity contribution in [2.75, 3.05) is 18.0 Å². The van der Waals surface area contributed by atoms with E-state index in [2.05, 4.69) is 32.5 Å². The molecule has 2 aromatic heterocycles. The zero-order valence-corrected chi connectivity index (χ0v) is 15.2. The third-order valence-corrected chi connectivity index (χ3v) is 5.77. The van der Waals surface area contributed by atoms with Crippen molar-refractivity contribution < 1.29 is 9.90 Å². The van der Waals surface area contributed by atoms with Crippen molar-refractivity contribution in [3.63, 3.8) is 0 Å². The number of amides is 1. The van der Waals surface area contributed by atoms with Crippen molar-refractivity contribution >= 4 is 33.3 Å². The monoisotopic (exact) mass is 368 g/mol. The predicted molar refractivity (Wildman–Crippen MR) is 103 cm³/mol.